The summed E-state index contributed by atoms with van der Waals surface area (Å²) in [6.07, 6.45) is 7.36. The zero-order chi connectivity index (χ0) is 22.5. The van der Waals surface area contributed by atoms with E-state index >= 15 is 0 Å². The second-order valence-corrected chi connectivity index (χ2v) is 9.41. The molecule has 0 spiro atoms. The molecule has 1 aromatic carbocycles. The number of aromatic nitrogens is 3. The minimum Gasteiger partial charge on any atom is -0.379 e. The Morgan fingerprint density at radius 2 is 1.91 bits per heavy atom. The smallest absolute Gasteiger partial charge is 0.129 e. The van der Waals surface area contributed by atoms with Gasteiger partial charge in [0.15, 0.2) is 0 Å². The lowest BCUT2D eigenvalue weighted by Gasteiger charge is -2.39. The van der Waals surface area contributed by atoms with Gasteiger partial charge in [0, 0.05) is 44.4 Å². The predicted octanol–water partition coefficient (Wildman–Crippen LogP) is 3.57. The SMILES string of the molecule is CN1CCN(C2c3ccc(Cl)cc3C(C(C)(O)c3cncn3C)=Cc3cccnc32)CC1. The number of rotatable bonds is 3. The number of aryl methyl sites for hydroxylation is 1. The van der Waals surface area contributed by atoms with Gasteiger partial charge >= 0.3 is 0 Å². The molecule has 3 aromatic rings. The predicted molar refractivity (Wildman–Crippen MR) is 127 cm³/mol. The van der Waals surface area contributed by atoms with E-state index in [1.807, 2.05) is 42.9 Å². The zero-order valence-electron chi connectivity index (χ0n) is 18.7. The molecule has 0 saturated carbocycles. The van der Waals surface area contributed by atoms with E-state index in [-0.39, 0.29) is 6.04 Å². The maximum Gasteiger partial charge on any atom is 0.129 e. The van der Waals surface area contributed by atoms with Crippen molar-refractivity contribution in [2.45, 2.75) is 18.6 Å². The van der Waals surface area contributed by atoms with E-state index in [2.05, 4.69) is 40.0 Å². The van der Waals surface area contributed by atoms with Crippen LogP contribution in [0.3, 0.4) is 0 Å². The van der Waals surface area contributed by atoms with E-state index in [4.69, 9.17) is 16.6 Å². The molecule has 2 aliphatic rings. The Labute approximate surface area is 193 Å². The average molecular weight is 450 g/mol. The van der Waals surface area contributed by atoms with E-state index < -0.39 is 5.60 Å². The van der Waals surface area contributed by atoms with Crippen molar-refractivity contribution in [3.63, 3.8) is 0 Å². The van der Waals surface area contributed by atoms with Crippen LogP contribution in [0, 0.1) is 0 Å². The summed E-state index contributed by atoms with van der Waals surface area (Å²) in [6, 6.07) is 10.0. The van der Waals surface area contributed by atoms with Crippen LogP contribution in [0.15, 0.2) is 49.1 Å². The first-order valence-corrected chi connectivity index (χ1v) is 11.3. The van der Waals surface area contributed by atoms with Crippen LogP contribution in [0.2, 0.25) is 5.02 Å². The Morgan fingerprint density at radius 1 is 1.12 bits per heavy atom. The number of pyridine rings is 1. The lowest BCUT2D eigenvalue weighted by molar-refractivity contribution is 0.114. The highest BCUT2D eigenvalue weighted by atomic mass is 35.5. The molecule has 1 N–H and O–H groups in total. The summed E-state index contributed by atoms with van der Waals surface area (Å²) in [5, 5.41) is 12.5. The molecule has 0 amide bonds. The van der Waals surface area contributed by atoms with Crippen LogP contribution in [0.5, 0.6) is 0 Å². The molecular weight excluding hydrogens is 422 g/mol. The highest BCUT2D eigenvalue weighted by Crippen LogP contribution is 2.46. The van der Waals surface area contributed by atoms with Crippen LogP contribution in [0.25, 0.3) is 11.6 Å². The van der Waals surface area contributed by atoms with Crippen LogP contribution < -0.4 is 0 Å². The number of nitrogens with zero attached hydrogens (tertiary/aromatic N) is 5. The summed E-state index contributed by atoms with van der Waals surface area (Å²) < 4.78 is 1.86. The first-order chi connectivity index (χ1) is 15.4. The van der Waals surface area contributed by atoms with E-state index in [9.17, 15) is 5.11 Å². The number of aliphatic hydroxyl groups is 1. The lowest BCUT2D eigenvalue weighted by atomic mass is 9.84. The average Bonchev–Trinajstić information content (AvgIpc) is 3.16. The van der Waals surface area contributed by atoms with Gasteiger partial charge in [-0.15, -0.1) is 0 Å². The minimum absolute atomic E-state index is 0.0109. The standard InChI is InChI=1S/C25H28ClN5O/c1-25(32,22-15-27-16-30(22)3)21-13-17-5-4-8-28-23(17)24(31-11-9-29(2)10-12-31)19-7-6-18(26)14-20(19)21/h4-8,13-16,24,32H,9-12H2,1-3H3. The van der Waals surface area contributed by atoms with Gasteiger partial charge < -0.3 is 14.6 Å². The van der Waals surface area contributed by atoms with Crippen molar-refractivity contribution in [1.29, 1.82) is 0 Å². The van der Waals surface area contributed by atoms with Gasteiger partial charge in [0.25, 0.3) is 0 Å². The van der Waals surface area contributed by atoms with Gasteiger partial charge in [-0.05, 0) is 60.5 Å². The van der Waals surface area contributed by atoms with Crippen molar-refractivity contribution in [2.24, 2.45) is 7.05 Å². The van der Waals surface area contributed by atoms with Gasteiger partial charge in [0.05, 0.1) is 30.0 Å². The summed E-state index contributed by atoms with van der Waals surface area (Å²) in [5.41, 5.74) is 4.34. The summed E-state index contributed by atoms with van der Waals surface area (Å²) in [5.74, 6) is 0. The summed E-state index contributed by atoms with van der Waals surface area (Å²) in [6.45, 7) is 5.75. The number of hydrogen-bond acceptors (Lipinski definition) is 5. The summed E-state index contributed by atoms with van der Waals surface area (Å²) in [7, 11) is 4.06. The maximum atomic E-state index is 11.9. The third kappa shape index (κ3) is 3.57. The summed E-state index contributed by atoms with van der Waals surface area (Å²) in [4.78, 5) is 13.9. The number of fused-ring (bicyclic) bond motifs is 2. The molecule has 1 fully saturated rings. The molecule has 0 radical (unpaired) electrons. The lowest BCUT2D eigenvalue weighted by Crippen LogP contribution is -2.46. The third-order valence-electron chi connectivity index (χ3n) is 6.77. The molecule has 2 aromatic heterocycles. The molecule has 3 heterocycles. The third-order valence-corrected chi connectivity index (χ3v) is 7.01. The van der Waals surface area contributed by atoms with Crippen molar-refractivity contribution in [1.82, 2.24) is 24.3 Å². The van der Waals surface area contributed by atoms with Crippen LogP contribution in [0.4, 0.5) is 0 Å². The van der Waals surface area contributed by atoms with Crippen molar-refractivity contribution in [3.8, 4) is 0 Å². The highest BCUT2D eigenvalue weighted by Gasteiger charge is 2.38. The molecular formula is C25H28ClN5O. The normalized spacial score (nSPS) is 21.3. The number of benzene rings is 1. The molecule has 1 aliphatic heterocycles. The second-order valence-electron chi connectivity index (χ2n) is 8.97. The van der Waals surface area contributed by atoms with Crippen LogP contribution in [-0.2, 0) is 12.6 Å². The van der Waals surface area contributed by atoms with Crippen LogP contribution in [0.1, 0.15) is 41.0 Å². The zero-order valence-corrected chi connectivity index (χ0v) is 19.4. The fourth-order valence-electron chi connectivity index (χ4n) is 4.98. The molecule has 2 unspecified atom stereocenters. The Morgan fingerprint density at radius 3 is 2.62 bits per heavy atom. The van der Waals surface area contributed by atoms with Gasteiger partial charge in [-0.3, -0.25) is 9.88 Å². The highest BCUT2D eigenvalue weighted by molar-refractivity contribution is 6.30. The van der Waals surface area contributed by atoms with Gasteiger partial charge in [0.2, 0.25) is 0 Å². The monoisotopic (exact) mass is 449 g/mol. The van der Waals surface area contributed by atoms with E-state index in [0.717, 1.165) is 59.8 Å². The Hall–Kier alpha value is -2.51. The number of likely N-dealkylation sites (N-methyl/N-ethyl adjacent to an activating group) is 1. The van der Waals surface area contributed by atoms with Gasteiger partial charge in [0.1, 0.15) is 5.60 Å². The largest absolute Gasteiger partial charge is 0.379 e. The first-order valence-electron chi connectivity index (χ1n) is 10.9. The summed E-state index contributed by atoms with van der Waals surface area (Å²) >= 11 is 6.50. The van der Waals surface area contributed by atoms with E-state index in [1.54, 1.807) is 12.5 Å². The molecule has 32 heavy (non-hydrogen) atoms. The Kier molecular flexibility index (Phi) is 5.42. The fraction of sp³-hybridized carbons (Fsp3) is 0.360. The quantitative estimate of drug-likeness (QED) is 0.662. The van der Waals surface area contributed by atoms with Crippen LogP contribution in [-0.4, -0.2) is 62.7 Å². The molecule has 2 atom stereocenters. The fourth-order valence-corrected chi connectivity index (χ4v) is 5.15. The van der Waals surface area contributed by atoms with Gasteiger partial charge in [-0.25, -0.2) is 4.98 Å². The minimum atomic E-state index is -1.27. The Bertz CT molecular complexity index is 1180. The number of hydrogen-bond donors (Lipinski definition) is 1. The molecule has 166 valence electrons. The van der Waals surface area contributed by atoms with E-state index in [1.165, 1.54) is 0 Å². The van der Waals surface area contributed by atoms with Gasteiger partial charge in [-0.1, -0.05) is 23.7 Å². The Balaban J connectivity index is 1.75. The van der Waals surface area contributed by atoms with Crippen molar-refractivity contribution < 1.29 is 5.11 Å². The topological polar surface area (TPSA) is 57.4 Å². The maximum absolute atomic E-state index is 11.9. The van der Waals surface area contributed by atoms with Crippen molar-refractivity contribution >= 4 is 23.3 Å². The number of halogens is 1. The van der Waals surface area contributed by atoms with Gasteiger partial charge in [-0.2, -0.15) is 0 Å². The molecule has 1 saturated heterocycles. The molecule has 0 bridgehead atoms. The number of piperazine rings is 1. The van der Waals surface area contributed by atoms with Crippen LogP contribution >= 0.6 is 11.6 Å². The molecule has 7 heteroatoms. The number of imidazole rings is 1. The second kappa shape index (κ2) is 8.12. The first kappa shape index (κ1) is 21.3. The molecule has 5 rings (SSSR count). The molecule has 6 nitrogen and oxygen atoms in total. The molecule has 1 aliphatic carbocycles. The van der Waals surface area contributed by atoms with Crippen molar-refractivity contribution in [2.75, 3.05) is 33.2 Å². The van der Waals surface area contributed by atoms with E-state index in [0.29, 0.717) is 5.02 Å². The van der Waals surface area contributed by atoms with Crippen molar-refractivity contribution in [3.05, 3.63) is 82.2 Å².